The van der Waals surface area contributed by atoms with Crippen molar-refractivity contribution in [1.82, 2.24) is 10.1 Å². The van der Waals surface area contributed by atoms with E-state index >= 15 is 0 Å². The maximum absolute atomic E-state index is 12.2. The van der Waals surface area contributed by atoms with Gasteiger partial charge in [-0.2, -0.15) is 4.98 Å². The molecule has 6 nitrogen and oxygen atoms in total. The minimum absolute atomic E-state index is 0.0528. The number of hydrogen-bond acceptors (Lipinski definition) is 6. The highest BCUT2D eigenvalue weighted by Crippen LogP contribution is 2.24. The Bertz CT molecular complexity index is 683. The second-order valence-electron chi connectivity index (χ2n) is 5.12. The number of aromatic nitrogens is 2. The molecule has 0 saturated carbocycles. The summed E-state index contributed by atoms with van der Waals surface area (Å²) in [5, 5.41) is 11.7. The van der Waals surface area contributed by atoms with Crippen molar-refractivity contribution < 1.29 is 18.0 Å². The first kappa shape index (κ1) is 16.6. The maximum atomic E-state index is 12.2. The predicted octanol–water partition coefficient (Wildman–Crippen LogP) is 2.38. The van der Waals surface area contributed by atoms with Gasteiger partial charge in [0.1, 0.15) is 5.25 Å². The van der Waals surface area contributed by atoms with Gasteiger partial charge in [0.2, 0.25) is 11.7 Å². The molecule has 0 aliphatic heterocycles. The van der Waals surface area contributed by atoms with E-state index in [0.29, 0.717) is 25.1 Å². The van der Waals surface area contributed by atoms with Crippen LogP contribution in [0, 0.1) is 0 Å². The van der Waals surface area contributed by atoms with Crippen LogP contribution in [0.4, 0.5) is 0 Å². The van der Waals surface area contributed by atoms with E-state index in [9.17, 15) is 8.42 Å². The van der Waals surface area contributed by atoms with Crippen molar-refractivity contribution in [3.63, 3.8) is 0 Å². The molecule has 1 unspecified atom stereocenters. The minimum Gasteiger partial charge on any atom is -0.396 e. The fourth-order valence-electron chi connectivity index (χ4n) is 2.03. The molecular weight excluding hydrogens is 304 g/mol. The van der Waals surface area contributed by atoms with E-state index in [0.717, 1.165) is 5.56 Å². The molecule has 0 aliphatic rings. The molecule has 7 heteroatoms. The summed E-state index contributed by atoms with van der Waals surface area (Å²) in [5.41, 5.74) is 0.782. The van der Waals surface area contributed by atoms with Crippen molar-refractivity contribution in [1.29, 1.82) is 0 Å². The normalized spacial score (nSPS) is 13.2. The van der Waals surface area contributed by atoms with Crippen LogP contribution in [0.25, 0.3) is 11.4 Å². The second-order valence-corrected chi connectivity index (χ2v) is 7.56. The van der Waals surface area contributed by atoms with E-state index in [1.54, 1.807) is 6.92 Å². The van der Waals surface area contributed by atoms with Gasteiger partial charge in [0.25, 0.3) is 0 Å². The molecule has 1 aromatic carbocycles. The average Bonchev–Trinajstić information content (AvgIpc) is 3.01. The van der Waals surface area contributed by atoms with Gasteiger partial charge in [-0.05, 0) is 19.8 Å². The summed E-state index contributed by atoms with van der Waals surface area (Å²) >= 11 is 0. The molecule has 0 fully saturated rings. The zero-order valence-electron chi connectivity index (χ0n) is 12.5. The molecule has 120 valence electrons. The van der Waals surface area contributed by atoms with E-state index in [1.165, 1.54) is 0 Å². The summed E-state index contributed by atoms with van der Waals surface area (Å²) in [6, 6.07) is 9.26. The number of aliphatic hydroxyl groups excluding tert-OH is 1. The zero-order valence-corrected chi connectivity index (χ0v) is 13.3. The van der Waals surface area contributed by atoms with Gasteiger partial charge in [-0.25, -0.2) is 8.42 Å². The Morgan fingerprint density at radius 3 is 2.59 bits per heavy atom. The number of sulfone groups is 1. The van der Waals surface area contributed by atoms with Crippen LogP contribution >= 0.6 is 0 Å². The average molecular weight is 324 g/mol. The first-order valence-corrected chi connectivity index (χ1v) is 8.97. The molecule has 2 rings (SSSR count). The van der Waals surface area contributed by atoms with Gasteiger partial charge in [-0.1, -0.05) is 41.9 Å². The molecule has 0 saturated heterocycles. The minimum atomic E-state index is -3.34. The first-order valence-electron chi connectivity index (χ1n) is 7.26. The molecule has 1 atom stereocenters. The van der Waals surface area contributed by atoms with E-state index in [2.05, 4.69) is 10.1 Å². The number of nitrogens with zero attached hydrogens (tertiary/aromatic N) is 2. The summed E-state index contributed by atoms with van der Waals surface area (Å²) in [5.74, 6) is 0.552. The highest BCUT2D eigenvalue weighted by atomic mass is 32.2. The van der Waals surface area contributed by atoms with Crippen LogP contribution in [0.2, 0.25) is 0 Å². The quantitative estimate of drug-likeness (QED) is 0.749. The summed E-state index contributed by atoms with van der Waals surface area (Å²) in [4.78, 5) is 4.19. The molecular formula is C15H20N2O4S. The smallest absolute Gasteiger partial charge is 0.245 e. The standard InChI is InChI=1S/C15H20N2O4S/c1-12(22(19,20)11-7-3-6-10-18)15-16-14(17-21-15)13-8-4-2-5-9-13/h2,4-5,8-9,12,18H,3,6-7,10-11H2,1H3. The topological polar surface area (TPSA) is 93.3 Å². The number of unbranched alkanes of at least 4 members (excludes halogenated alkanes) is 2. The van der Waals surface area contributed by atoms with Gasteiger partial charge in [0.05, 0.1) is 5.75 Å². The Labute approximate surface area is 130 Å². The van der Waals surface area contributed by atoms with Crippen LogP contribution in [0.1, 0.15) is 37.3 Å². The zero-order chi connectivity index (χ0) is 16.0. The number of rotatable bonds is 8. The summed E-state index contributed by atoms with van der Waals surface area (Å²) in [6.45, 7) is 1.64. The third kappa shape index (κ3) is 4.14. The molecule has 1 aromatic heterocycles. The van der Waals surface area contributed by atoms with Gasteiger partial charge >= 0.3 is 0 Å². The molecule has 0 spiro atoms. The second kappa shape index (κ2) is 7.51. The monoisotopic (exact) mass is 324 g/mol. The molecule has 1 heterocycles. The Morgan fingerprint density at radius 2 is 1.91 bits per heavy atom. The van der Waals surface area contributed by atoms with Gasteiger partial charge in [-0.15, -0.1) is 0 Å². The lowest BCUT2D eigenvalue weighted by atomic mass is 10.2. The van der Waals surface area contributed by atoms with Gasteiger partial charge in [-0.3, -0.25) is 0 Å². The Morgan fingerprint density at radius 1 is 1.18 bits per heavy atom. The van der Waals surface area contributed by atoms with Gasteiger partial charge in [0.15, 0.2) is 9.84 Å². The predicted molar refractivity (Wildman–Crippen MR) is 82.9 cm³/mol. The lowest BCUT2D eigenvalue weighted by Gasteiger charge is -2.08. The van der Waals surface area contributed by atoms with Crippen LogP contribution < -0.4 is 0 Å². The fourth-order valence-corrected chi connectivity index (χ4v) is 3.39. The Kier molecular flexibility index (Phi) is 5.68. The molecule has 0 radical (unpaired) electrons. The molecule has 0 aliphatic carbocycles. The number of benzene rings is 1. The van der Waals surface area contributed by atoms with E-state index < -0.39 is 15.1 Å². The molecule has 2 aromatic rings. The van der Waals surface area contributed by atoms with Crippen molar-refractivity contribution >= 4 is 9.84 Å². The lowest BCUT2D eigenvalue weighted by molar-refractivity contribution is 0.284. The van der Waals surface area contributed by atoms with Gasteiger partial charge in [0, 0.05) is 12.2 Å². The van der Waals surface area contributed by atoms with E-state index in [-0.39, 0.29) is 18.3 Å². The summed E-state index contributed by atoms with van der Waals surface area (Å²) in [6.07, 6.45) is 1.82. The van der Waals surface area contributed by atoms with E-state index in [4.69, 9.17) is 9.63 Å². The third-order valence-electron chi connectivity index (χ3n) is 3.45. The molecule has 22 heavy (non-hydrogen) atoms. The molecule has 0 amide bonds. The van der Waals surface area contributed by atoms with Crippen LogP contribution in [0.5, 0.6) is 0 Å². The van der Waals surface area contributed by atoms with Crippen LogP contribution in [-0.2, 0) is 9.84 Å². The Balaban J connectivity index is 2.06. The van der Waals surface area contributed by atoms with Gasteiger partial charge < -0.3 is 9.63 Å². The summed E-state index contributed by atoms with van der Waals surface area (Å²) in [7, 11) is -3.34. The lowest BCUT2D eigenvalue weighted by Crippen LogP contribution is -2.14. The van der Waals surface area contributed by atoms with Crippen molar-refractivity contribution in [2.45, 2.75) is 31.4 Å². The highest BCUT2D eigenvalue weighted by Gasteiger charge is 2.27. The number of hydrogen-bond donors (Lipinski definition) is 1. The van der Waals surface area contributed by atoms with Crippen molar-refractivity contribution in [3.8, 4) is 11.4 Å². The molecule has 1 N–H and O–H groups in total. The third-order valence-corrected chi connectivity index (χ3v) is 5.58. The highest BCUT2D eigenvalue weighted by molar-refractivity contribution is 7.91. The molecule has 0 bridgehead atoms. The van der Waals surface area contributed by atoms with Crippen LogP contribution in [0.3, 0.4) is 0 Å². The largest absolute Gasteiger partial charge is 0.396 e. The SMILES string of the molecule is CC(c1nc(-c2ccccc2)no1)S(=O)(=O)CCCCCO. The van der Waals surface area contributed by atoms with Crippen molar-refractivity contribution in [2.75, 3.05) is 12.4 Å². The van der Waals surface area contributed by atoms with Crippen molar-refractivity contribution in [2.24, 2.45) is 0 Å². The Hall–Kier alpha value is -1.73. The van der Waals surface area contributed by atoms with Crippen LogP contribution in [-0.4, -0.2) is 36.0 Å². The maximum Gasteiger partial charge on any atom is 0.245 e. The van der Waals surface area contributed by atoms with Crippen molar-refractivity contribution in [3.05, 3.63) is 36.2 Å². The summed E-state index contributed by atoms with van der Waals surface area (Å²) < 4.78 is 29.6. The number of aliphatic hydroxyl groups is 1. The van der Waals surface area contributed by atoms with E-state index in [1.807, 2.05) is 30.3 Å². The fraction of sp³-hybridized carbons (Fsp3) is 0.467. The van der Waals surface area contributed by atoms with Crippen LogP contribution in [0.15, 0.2) is 34.9 Å². The first-order chi connectivity index (χ1) is 10.5.